The molecule has 0 heterocycles. The highest BCUT2D eigenvalue weighted by molar-refractivity contribution is 5.84. The molecule has 0 spiro atoms. The minimum atomic E-state index is -0.500. The largest absolute Gasteiger partial charge is 0.444 e. The topological polar surface area (TPSA) is 63.9 Å². The lowest BCUT2D eigenvalue weighted by Gasteiger charge is -2.24. The van der Waals surface area contributed by atoms with E-state index in [1.165, 1.54) is 0 Å². The molecular weight excluding hydrogens is 314 g/mol. The lowest BCUT2D eigenvalue weighted by molar-refractivity contribution is 0.155. The van der Waals surface area contributed by atoms with E-state index in [0.29, 0.717) is 5.69 Å². The molecule has 2 radical (unpaired) electrons. The zero-order valence-electron chi connectivity index (χ0n) is 14.9. The van der Waals surface area contributed by atoms with Gasteiger partial charge in [0, 0.05) is 24.5 Å². The first-order valence-electron chi connectivity index (χ1n) is 8.69. The highest BCUT2D eigenvalue weighted by Gasteiger charge is 2.07. The first-order valence-corrected chi connectivity index (χ1v) is 8.69. The Balaban J connectivity index is 1.87. The lowest BCUT2D eigenvalue weighted by Crippen LogP contribution is -2.24. The van der Waals surface area contributed by atoms with E-state index in [0.717, 1.165) is 37.2 Å². The lowest BCUT2D eigenvalue weighted by atomic mass is 10.2. The molecule has 0 fully saturated rings. The molecule has 0 aromatic heterocycles. The normalized spacial score (nSPS) is 10.3. The van der Waals surface area contributed by atoms with Crippen LogP contribution in [0.4, 0.5) is 21.9 Å². The van der Waals surface area contributed by atoms with Crippen molar-refractivity contribution in [1.29, 1.82) is 0 Å². The van der Waals surface area contributed by atoms with Gasteiger partial charge in [-0.1, -0.05) is 26.0 Å². The third-order valence-corrected chi connectivity index (χ3v) is 3.77. The SMILES string of the molecule is CCCN(CCC)c1ccc(NC(=O)OCc2ccc([N])cc2)cc1. The van der Waals surface area contributed by atoms with Crippen LogP contribution >= 0.6 is 0 Å². The Morgan fingerprint density at radius 1 is 1.00 bits per heavy atom. The maximum atomic E-state index is 11.9. The van der Waals surface area contributed by atoms with E-state index in [4.69, 9.17) is 4.74 Å². The van der Waals surface area contributed by atoms with Crippen molar-refractivity contribution in [1.82, 2.24) is 5.73 Å². The summed E-state index contributed by atoms with van der Waals surface area (Å²) in [6.45, 7) is 6.54. The predicted molar refractivity (Wildman–Crippen MR) is 101 cm³/mol. The number of hydrogen-bond acceptors (Lipinski definition) is 3. The summed E-state index contributed by atoms with van der Waals surface area (Å²) < 4.78 is 5.18. The van der Waals surface area contributed by atoms with Gasteiger partial charge >= 0.3 is 6.09 Å². The Labute approximate surface area is 149 Å². The molecule has 132 valence electrons. The van der Waals surface area contributed by atoms with Crippen molar-refractivity contribution in [2.45, 2.75) is 33.3 Å². The van der Waals surface area contributed by atoms with Crippen molar-refractivity contribution in [2.75, 3.05) is 23.3 Å². The molecule has 2 aromatic rings. The summed E-state index contributed by atoms with van der Waals surface area (Å²) in [7, 11) is 0. The van der Waals surface area contributed by atoms with Gasteiger partial charge in [0.15, 0.2) is 0 Å². The number of anilines is 2. The van der Waals surface area contributed by atoms with E-state index >= 15 is 0 Å². The van der Waals surface area contributed by atoms with Crippen molar-refractivity contribution in [3.05, 3.63) is 54.1 Å². The quantitative estimate of drug-likeness (QED) is 0.754. The average Bonchev–Trinajstić information content (AvgIpc) is 2.62. The Kier molecular flexibility index (Phi) is 7.14. The van der Waals surface area contributed by atoms with Gasteiger partial charge in [0.1, 0.15) is 6.61 Å². The van der Waals surface area contributed by atoms with Crippen LogP contribution in [0.15, 0.2) is 48.5 Å². The molecule has 0 aliphatic heterocycles. The number of rotatable bonds is 8. The number of amides is 1. The van der Waals surface area contributed by atoms with Crippen LogP contribution < -0.4 is 16.0 Å². The number of ether oxygens (including phenoxy) is 1. The number of hydrogen-bond donors (Lipinski definition) is 1. The van der Waals surface area contributed by atoms with Crippen LogP contribution in [-0.2, 0) is 11.3 Å². The van der Waals surface area contributed by atoms with E-state index in [1.54, 1.807) is 24.3 Å². The van der Waals surface area contributed by atoms with Crippen molar-refractivity contribution in [3.63, 3.8) is 0 Å². The summed E-state index contributed by atoms with van der Waals surface area (Å²) in [5.74, 6) is 0. The molecule has 0 saturated heterocycles. The zero-order chi connectivity index (χ0) is 18.1. The van der Waals surface area contributed by atoms with Crippen molar-refractivity contribution in [2.24, 2.45) is 0 Å². The highest BCUT2D eigenvalue weighted by Crippen LogP contribution is 2.19. The van der Waals surface area contributed by atoms with Gasteiger partial charge in [-0.2, -0.15) is 5.73 Å². The fourth-order valence-corrected chi connectivity index (χ4v) is 2.56. The molecule has 0 aliphatic carbocycles. The molecule has 2 rings (SSSR count). The first kappa shape index (κ1) is 18.6. The van der Waals surface area contributed by atoms with Gasteiger partial charge in [-0.05, 0) is 54.8 Å². The summed E-state index contributed by atoms with van der Waals surface area (Å²) in [6.07, 6.45) is 1.70. The summed E-state index contributed by atoms with van der Waals surface area (Å²) in [5.41, 5.74) is 12.1. The van der Waals surface area contributed by atoms with Gasteiger partial charge in [0.2, 0.25) is 0 Å². The van der Waals surface area contributed by atoms with Crippen LogP contribution in [0.3, 0.4) is 0 Å². The Morgan fingerprint density at radius 3 is 2.16 bits per heavy atom. The first-order chi connectivity index (χ1) is 12.1. The molecule has 0 bridgehead atoms. The van der Waals surface area contributed by atoms with Crippen molar-refractivity contribution in [3.8, 4) is 0 Å². The van der Waals surface area contributed by atoms with E-state index in [-0.39, 0.29) is 12.3 Å². The molecule has 5 nitrogen and oxygen atoms in total. The zero-order valence-corrected chi connectivity index (χ0v) is 14.9. The van der Waals surface area contributed by atoms with Crippen LogP contribution in [0.5, 0.6) is 0 Å². The molecular formula is C20H25N3O2. The Morgan fingerprint density at radius 2 is 1.60 bits per heavy atom. The fraction of sp³-hybridized carbons (Fsp3) is 0.350. The Hall–Kier alpha value is -2.69. The maximum absolute atomic E-state index is 11.9. The number of benzene rings is 2. The van der Waals surface area contributed by atoms with E-state index in [9.17, 15) is 10.5 Å². The second-order valence-corrected chi connectivity index (χ2v) is 5.90. The summed E-state index contributed by atoms with van der Waals surface area (Å²) in [4.78, 5) is 14.2. The third kappa shape index (κ3) is 6.03. The van der Waals surface area contributed by atoms with E-state index < -0.39 is 6.09 Å². The second-order valence-electron chi connectivity index (χ2n) is 5.90. The predicted octanol–water partition coefficient (Wildman–Crippen LogP) is 4.76. The summed E-state index contributed by atoms with van der Waals surface area (Å²) >= 11 is 0. The van der Waals surface area contributed by atoms with Crippen LogP contribution in [0.25, 0.3) is 0 Å². The van der Waals surface area contributed by atoms with Crippen LogP contribution in [0.2, 0.25) is 0 Å². The molecule has 25 heavy (non-hydrogen) atoms. The molecule has 0 saturated carbocycles. The standard InChI is InChI=1S/C20H25N3O2/c1-3-13-23(14-4-2)19-11-9-18(10-12-19)22-20(24)25-15-16-5-7-17(21)8-6-16/h5-12H,3-4,13-15H2,1-2H3,(H,22,24). The van der Waals surface area contributed by atoms with E-state index in [1.807, 2.05) is 24.3 Å². The van der Waals surface area contributed by atoms with Gasteiger partial charge in [-0.15, -0.1) is 0 Å². The van der Waals surface area contributed by atoms with Gasteiger partial charge in [-0.25, -0.2) is 4.79 Å². The molecule has 1 N–H and O–H groups in total. The highest BCUT2D eigenvalue weighted by atomic mass is 16.5. The van der Waals surface area contributed by atoms with E-state index in [2.05, 4.69) is 24.1 Å². The van der Waals surface area contributed by atoms with Gasteiger partial charge in [0.25, 0.3) is 0 Å². The summed E-state index contributed by atoms with van der Waals surface area (Å²) in [5, 5.41) is 2.72. The fourth-order valence-electron chi connectivity index (χ4n) is 2.56. The van der Waals surface area contributed by atoms with Crippen molar-refractivity contribution >= 4 is 23.2 Å². The van der Waals surface area contributed by atoms with Gasteiger partial charge < -0.3 is 9.64 Å². The molecule has 0 unspecified atom stereocenters. The molecule has 2 aromatic carbocycles. The number of carbonyl (C=O) groups is 1. The molecule has 5 heteroatoms. The smallest absolute Gasteiger partial charge is 0.411 e. The van der Waals surface area contributed by atoms with Gasteiger partial charge in [-0.3, -0.25) is 5.32 Å². The number of nitrogens with zero attached hydrogens (tertiary/aromatic N) is 2. The molecule has 0 aliphatic rings. The Bertz CT molecular complexity index is 648. The van der Waals surface area contributed by atoms with Gasteiger partial charge in [0.05, 0.1) is 5.69 Å². The average molecular weight is 339 g/mol. The molecule has 1 amide bonds. The maximum Gasteiger partial charge on any atom is 0.411 e. The van der Waals surface area contributed by atoms with Crippen LogP contribution in [0.1, 0.15) is 32.3 Å². The van der Waals surface area contributed by atoms with Crippen LogP contribution in [-0.4, -0.2) is 19.2 Å². The van der Waals surface area contributed by atoms with Crippen molar-refractivity contribution < 1.29 is 9.53 Å². The van der Waals surface area contributed by atoms with Crippen LogP contribution in [0, 0.1) is 0 Å². The monoisotopic (exact) mass is 339 g/mol. The minimum absolute atomic E-state index is 0.158. The molecule has 0 atom stereocenters. The second kappa shape index (κ2) is 9.57. The summed E-state index contributed by atoms with van der Waals surface area (Å²) in [6, 6.07) is 14.4. The number of nitrogens with one attached hydrogen (secondary N) is 1. The minimum Gasteiger partial charge on any atom is -0.444 e. The number of carbonyl (C=O) groups excluding carboxylic acids is 1. The third-order valence-electron chi connectivity index (χ3n) is 3.77.